The van der Waals surface area contributed by atoms with Crippen molar-refractivity contribution < 1.29 is 72.9 Å². The van der Waals surface area contributed by atoms with E-state index in [0.717, 1.165) is 148 Å². The second-order valence-corrected chi connectivity index (χ2v) is 23.8. The van der Waals surface area contributed by atoms with Crippen LogP contribution in [0.3, 0.4) is 0 Å². The summed E-state index contributed by atoms with van der Waals surface area (Å²) >= 11 is 6.00. The number of aromatic nitrogens is 7. The Balaban J connectivity index is 0.000000214. The van der Waals surface area contributed by atoms with Gasteiger partial charge in [-0.15, -0.1) is 34.2 Å². The summed E-state index contributed by atoms with van der Waals surface area (Å²) in [6.07, 6.45) is 5.12. The number of nitriles is 2. The van der Waals surface area contributed by atoms with E-state index < -0.39 is 0 Å². The zero-order valence-electron chi connectivity index (χ0n) is 55.8. The number of hydrogen-bond acceptors (Lipinski definition) is 17. The van der Waals surface area contributed by atoms with Gasteiger partial charge in [0, 0.05) is 128 Å². The quantitative estimate of drug-likeness (QED) is 0.0764. The zero-order valence-corrected chi connectivity index (χ0v) is 59.9. The minimum absolute atomic E-state index is 0. The Morgan fingerprint density at radius 3 is 1.32 bits per heavy atom. The number of piperidine rings is 3. The summed E-state index contributed by atoms with van der Waals surface area (Å²) in [5, 5.41) is 44.4. The van der Waals surface area contributed by atoms with E-state index in [0.29, 0.717) is 72.3 Å². The fourth-order valence-corrected chi connectivity index (χ4v) is 12.2. The summed E-state index contributed by atoms with van der Waals surface area (Å²) in [5.41, 5.74) is 9.96. The molecule has 3 aliphatic rings. The van der Waals surface area contributed by atoms with Gasteiger partial charge in [-0.2, -0.15) is 15.7 Å². The topological polar surface area (TPSA) is 217 Å². The number of pyridine rings is 3. The molecule has 0 radical (unpaired) electrons. The molecule has 6 aromatic carbocycles. The third kappa shape index (κ3) is 20.2. The molecule has 10 aromatic rings. The third-order valence-corrected chi connectivity index (χ3v) is 17.0. The number of halogens is 5. The van der Waals surface area contributed by atoms with Crippen molar-refractivity contribution in [3.8, 4) is 52.3 Å². The van der Waals surface area contributed by atoms with E-state index in [1.807, 2.05) is 99.6 Å². The molecular weight excluding hydrogens is 1380 g/mol. The van der Waals surface area contributed by atoms with Crippen LogP contribution in [-0.2, 0) is 19.6 Å². The number of likely N-dealkylation sites (tertiary alicyclic amines) is 3. The molecule has 18 nitrogen and oxygen atoms in total. The van der Waals surface area contributed by atoms with Crippen LogP contribution >= 0.6 is 35.6 Å². The van der Waals surface area contributed by atoms with E-state index in [-0.39, 0.29) is 98.2 Å². The molecule has 3 fully saturated rings. The van der Waals surface area contributed by atoms with Gasteiger partial charge in [0.1, 0.15) is 75.0 Å². The summed E-state index contributed by atoms with van der Waals surface area (Å²) in [4.78, 5) is 20.4. The molecule has 0 spiro atoms. The Kier molecular flexibility index (Phi) is 29.0. The molecule has 7 heterocycles. The average molecular weight is 1460 g/mol. The van der Waals surface area contributed by atoms with Crippen molar-refractivity contribution in [2.45, 2.75) is 105 Å². The predicted molar refractivity (Wildman–Crippen MR) is 378 cm³/mol. The van der Waals surface area contributed by atoms with Gasteiger partial charge in [-0.3, -0.25) is 14.7 Å². The van der Waals surface area contributed by atoms with Gasteiger partial charge in [-0.25, -0.2) is 28.1 Å². The van der Waals surface area contributed by atoms with Gasteiger partial charge < -0.3 is 30.2 Å². The number of hydrogen-bond donors (Lipinski definition) is 2. The summed E-state index contributed by atoms with van der Waals surface area (Å²) < 4.78 is 69.8. The molecule has 13 rings (SSSR count). The number of ether oxygens (including phenoxy) is 5. The predicted octanol–water partition coefficient (Wildman–Crippen LogP) is 11.8. The number of aliphatic hydroxyl groups excluding tert-OH is 1. The molecule has 0 bridgehead atoms. The second-order valence-electron chi connectivity index (χ2n) is 23.4. The minimum Gasteiger partial charge on any atom is -1.00 e. The van der Waals surface area contributed by atoms with E-state index >= 15 is 0 Å². The van der Waals surface area contributed by atoms with Crippen molar-refractivity contribution in [1.82, 2.24) is 50.3 Å². The number of tetrazole rings is 1. The number of methoxy groups -OCH3 is 3. The van der Waals surface area contributed by atoms with Crippen LogP contribution in [-0.4, -0.2) is 134 Å². The van der Waals surface area contributed by atoms with Gasteiger partial charge in [0.2, 0.25) is 5.82 Å². The van der Waals surface area contributed by atoms with Crippen molar-refractivity contribution in [3.63, 3.8) is 0 Å². The monoisotopic (exact) mass is 1460 g/mol. The number of H-pyrrole nitrogens is 1. The first-order valence-corrected chi connectivity index (χ1v) is 31.5. The Morgan fingerprint density at radius 2 is 0.907 bits per heavy atom. The number of rotatable bonds is 14. The molecule has 504 valence electrons. The van der Waals surface area contributed by atoms with Crippen LogP contribution in [0.1, 0.15) is 92.3 Å². The molecular formula is C73H80ClF3IN12NaO6. The van der Waals surface area contributed by atoms with E-state index in [9.17, 15) is 23.5 Å². The Labute approximate surface area is 609 Å². The maximum atomic E-state index is 14.2. The molecule has 3 saturated heterocycles. The minimum atomic E-state index is -0.382. The molecule has 2 N–H and O–H groups in total. The maximum absolute atomic E-state index is 14.2. The first-order valence-electron chi connectivity index (χ1n) is 31.1. The van der Waals surface area contributed by atoms with E-state index in [2.05, 4.69) is 68.5 Å². The largest absolute Gasteiger partial charge is 1.00 e. The van der Waals surface area contributed by atoms with Crippen LogP contribution in [0.2, 0.25) is 5.02 Å². The van der Waals surface area contributed by atoms with Crippen LogP contribution in [0.5, 0.6) is 28.7 Å². The number of nitrogens with one attached hydrogen (secondary N) is 1. The number of nitrogens with zero attached hydrogens (tertiary/aromatic N) is 11. The molecule has 4 aromatic heterocycles. The normalized spacial score (nSPS) is 14.5. The number of aromatic amines is 1. The van der Waals surface area contributed by atoms with Crippen LogP contribution < -0.4 is 53.2 Å². The molecule has 0 aliphatic carbocycles. The average Bonchev–Trinajstić information content (AvgIpc) is 1.14. The number of aryl methyl sites for hydroxylation is 3. The fraction of sp³-hybridized carbons (Fsp3) is 0.342. The van der Waals surface area contributed by atoms with Gasteiger partial charge in [0.15, 0.2) is 0 Å². The van der Waals surface area contributed by atoms with E-state index in [1.165, 1.54) is 57.7 Å². The van der Waals surface area contributed by atoms with Gasteiger partial charge in [0.05, 0.1) is 55.7 Å². The first-order chi connectivity index (χ1) is 45.6. The van der Waals surface area contributed by atoms with Gasteiger partial charge in [-0.05, 0) is 118 Å². The van der Waals surface area contributed by atoms with Gasteiger partial charge in [-0.1, -0.05) is 79.7 Å². The van der Waals surface area contributed by atoms with Crippen molar-refractivity contribution in [3.05, 3.63) is 195 Å². The molecule has 0 atom stereocenters. The zero-order chi connectivity index (χ0) is 66.3. The Bertz CT molecular complexity index is 4340. The smallest absolute Gasteiger partial charge is 1.00 e. The van der Waals surface area contributed by atoms with Crippen molar-refractivity contribution in [2.75, 3.05) is 60.6 Å². The Hall–Kier alpha value is -7.75. The van der Waals surface area contributed by atoms with E-state index in [4.69, 9.17) is 40.5 Å². The molecule has 0 saturated carbocycles. The third-order valence-electron chi connectivity index (χ3n) is 16.7. The Morgan fingerprint density at radius 1 is 0.536 bits per heavy atom. The van der Waals surface area contributed by atoms with Gasteiger partial charge >= 0.3 is 29.6 Å². The van der Waals surface area contributed by atoms with Crippen LogP contribution in [0.4, 0.5) is 13.2 Å². The molecule has 0 unspecified atom stereocenters. The van der Waals surface area contributed by atoms with Crippen LogP contribution in [0.15, 0.2) is 127 Å². The standard InChI is InChI=1S/C24H25FN6O2.C24H24FN3O2.C13H16N2O.C11H9ClFNO.CH4.HI.Na.H/c1-15-11-21(20-12-17(25)13-22(32-2)23(20)26-15)33-18-7-9-31(10-8-18)14-16-5-3-4-6-19(16)24-27-29-30-28-24;1-16-11-22(21-12-19(25)13-23(29-2)24(21)27-16)30-20-7-9-28(10-8-20)15-18-6-4-3-5-17(18)14-26;14-9-11-3-1-2-4-12(11)10-15-7-5-13(16)6-8-15;1-6-3-9(12)8-4-7(13)5-10(15-2)11(8)14-6;;;;/h3-6,11-13,18H,7-10,14H2,1-2H3,(H,27,28,29,30);3-6,11-13,20H,7-10,15H2,1-2H3;1-4,13,16H,5-8,10H2;3-5H,1-2H3;1H4;1H;;/q;;;;;;+1;-1. The van der Waals surface area contributed by atoms with Gasteiger partial charge in [0.25, 0.3) is 0 Å². The van der Waals surface area contributed by atoms with Crippen LogP contribution in [0, 0.1) is 60.9 Å². The van der Waals surface area contributed by atoms with E-state index in [1.54, 1.807) is 6.07 Å². The van der Waals surface area contributed by atoms with Crippen molar-refractivity contribution in [2.24, 2.45) is 0 Å². The summed E-state index contributed by atoms with van der Waals surface area (Å²) in [6, 6.07) is 41.7. The second kappa shape index (κ2) is 36.7. The number of benzene rings is 6. The number of fused-ring (bicyclic) bond motifs is 3. The maximum Gasteiger partial charge on any atom is 1.00 e. The fourth-order valence-electron chi connectivity index (χ4n) is 11.9. The van der Waals surface area contributed by atoms with Crippen molar-refractivity contribution >= 4 is 68.3 Å². The molecule has 24 heteroatoms. The molecule has 0 amide bonds. The van der Waals surface area contributed by atoms with Crippen molar-refractivity contribution in [1.29, 1.82) is 10.5 Å². The summed E-state index contributed by atoms with van der Waals surface area (Å²) in [7, 11) is 4.51. The summed E-state index contributed by atoms with van der Waals surface area (Å²) in [6.45, 7) is 13.4. The van der Waals surface area contributed by atoms with Crippen LogP contribution in [0.25, 0.3) is 44.1 Å². The number of aliphatic hydroxyl groups is 1. The summed E-state index contributed by atoms with van der Waals surface area (Å²) in [5.74, 6) is 1.98. The molecule has 97 heavy (non-hydrogen) atoms. The SMILES string of the molecule is C.COc1cc(F)cc2c(Cl)cc(C)nc12.COc1cc(F)cc2c(OC3CCN(Cc4ccccc4-c4nn[nH]n4)CC3)cc(C)nc12.COc1cc(F)cc2c(OC3CCN(Cc4ccccc4C#N)CC3)cc(C)nc12.I.N#Cc1ccccc1CN1CCC(O)CC1.[H-].[Na+]. The molecule has 3 aliphatic heterocycles. The first kappa shape index (κ1) is 76.6.